The third kappa shape index (κ3) is 7.20. The zero-order valence-corrected chi connectivity index (χ0v) is 20.6. The quantitative estimate of drug-likeness (QED) is 0.204. The van der Waals surface area contributed by atoms with Gasteiger partial charge >= 0.3 is 20.9 Å². The lowest BCUT2D eigenvalue weighted by atomic mass is 10.1. The largest absolute Gasteiger partial charge is 0.389 e. The second-order valence-corrected chi connectivity index (χ2v) is 12.1. The maximum Gasteiger partial charge on any atom is 0.340 e. The summed E-state index contributed by atoms with van der Waals surface area (Å²) in [6, 6.07) is 9.04. The topological polar surface area (TPSA) is 202 Å². The van der Waals surface area contributed by atoms with Gasteiger partial charge in [0.05, 0.1) is 6.61 Å². The lowest BCUT2D eigenvalue weighted by Crippen LogP contribution is -2.42. The monoisotopic (exact) mass is 535 g/mol. The van der Waals surface area contributed by atoms with Crippen molar-refractivity contribution in [2.75, 3.05) is 12.5 Å². The predicted octanol–water partition coefficient (Wildman–Crippen LogP) is -0.516. The summed E-state index contributed by atoms with van der Waals surface area (Å²) in [6.45, 7) is 1.38. The fourth-order valence-corrected chi connectivity index (χ4v) is 5.87. The average Bonchev–Trinajstić information content (AvgIpc) is 3.03. The molecule has 1 aromatic heterocycles. The zero-order valence-electron chi connectivity index (χ0n) is 18.8. The molecule has 0 bridgehead atoms. The summed E-state index contributed by atoms with van der Waals surface area (Å²) in [5, 5.41) is 24.5. The van der Waals surface area contributed by atoms with Gasteiger partial charge in [0.2, 0.25) is 0 Å². The molecule has 1 aliphatic heterocycles. The maximum atomic E-state index is 12.8. The van der Waals surface area contributed by atoms with Crippen molar-refractivity contribution >= 4 is 15.2 Å². The van der Waals surface area contributed by atoms with E-state index in [1.54, 1.807) is 0 Å². The molecule has 16 heteroatoms. The minimum absolute atomic E-state index is 0.171. The molecule has 2 unspecified atom stereocenters. The molecule has 1 fully saturated rings. The molecule has 0 radical (unpaired) electrons. The van der Waals surface area contributed by atoms with E-state index in [0.29, 0.717) is 0 Å². The third-order valence-electron chi connectivity index (χ3n) is 5.16. The van der Waals surface area contributed by atoms with Crippen molar-refractivity contribution in [2.24, 2.45) is 12.2 Å². The van der Waals surface area contributed by atoms with Crippen LogP contribution in [0.5, 0.6) is 0 Å². The van der Waals surface area contributed by atoms with Gasteiger partial charge in [0.1, 0.15) is 24.9 Å². The highest BCUT2D eigenvalue weighted by molar-refractivity contribution is 7.70. The van der Waals surface area contributed by atoms with Crippen LogP contribution in [0, 0.1) is 6.92 Å². The molecule has 3 rings (SSSR count). The number of hydrogen-bond donors (Lipinski definition) is 5. The first-order chi connectivity index (χ1) is 16.3. The van der Waals surface area contributed by atoms with Gasteiger partial charge in [-0.15, -0.1) is 0 Å². The van der Waals surface area contributed by atoms with Gasteiger partial charge in [-0.05, 0) is 12.5 Å². The molecule has 2 aromatic rings. The predicted molar refractivity (Wildman–Crippen MR) is 120 cm³/mol. The Kier molecular flexibility index (Phi) is 8.53. The van der Waals surface area contributed by atoms with Crippen LogP contribution < -0.4 is 11.2 Å². The molecular weight excluding hydrogens is 508 g/mol. The highest BCUT2D eigenvalue weighted by Crippen LogP contribution is 2.55. The van der Waals surface area contributed by atoms with Crippen LogP contribution in [0.2, 0.25) is 0 Å². The van der Waals surface area contributed by atoms with E-state index in [0.717, 1.165) is 20.3 Å². The standard InChI is InChI=1S/C19H27N3O11P2/c1-12-3-5-13(6-4-12)9-31-20-15-7-8-22(19(25)21(15)2)18-17(24)16(23)14(33-18)10-32-35(29,30)11-34(26,27)28/h3-8,14,16-18,23-24H,9-11H2,1-2H3,(H,29,30)(H2,26,27,28)/b20-15-/t14-,16+,17?,18-/m1/s1. The highest BCUT2D eigenvalue weighted by atomic mass is 31.2. The molecule has 5 N–H and O–H groups in total. The number of benzene rings is 1. The van der Waals surface area contributed by atoms with Crippen molar-refractivity contribution in [1.82, 2.24) is 9.13 Å². The van der Waals surface area contributed by atoms with Gasteiger partial charge in [-0.25, -0.2) is 4.79 Å². The number of aromatic nitrogens is 2. The van der Waals surface area contributed by atoms with E-state index in [4.69, 9.17) is 19.4 Å². The van der Waals surface area contributed by atoms with Gasteiger partial charge in [-0.2, -0.15) is 0 Å². The summed E-state index contributed by atoms with van der Waals surface area (Å²) in [7, 11) is -8.13. The SMILES string of the molecule is Cc1ccc(CO/N=c2/ccn([C@@H]3O[C@H](COP(=O)(O)CP(=O)(O)O)[C@H](O)C3O)c(=O)n2C)cc1. The molecule has 1 aromatic carbocycles. The van der Waals surface area contributed by atoms with Crippen LogP contribution in [0.4, 0.5) is 0 Å². The molecule has 0 spiro atoms. The second-order valence-electron chi connectivity index (χ2n) is 8.06. The van der Waals surface area contributed by atoms with Crippen LogP contribution in [0.3, 0.4) is 0 Å². The summed E-state index contributed by atoms with van der Waals surface area (Å²) in [5.41, 5.74) is 1.48. The Morgan fingerprint density at radius 2 is 1.74 bits per heavy atom. The number of nitrogens with zero attached hydrogens (tertiary/aromatic N) is 3. The first-order valence-corrected chi connectivity index (χ1v) is 13.9. The first kappa shape index (κ1) is 27.5. The number of aliphatic hydroxyl groups excluding tert-OH is 2. The number of aliphatic hydroxyl groups is 2. The third-order valence-corrected chi connectivity index (χ3v) is 8.62. The van der Waals surface area contributed by atoms with E-state index >= 15 is 0 Å². The van der Waals surface area contributed by atoms with Gasteiger partial charge in [0, 0.05) is 19.3 Å². The number of rotatable bonds is 9. The molecule has 5 atom stereocenters. The van der Waals surface area contributed by atoms with Crippen LogP contribution in [-0.2, 0) is 36.9 Å². The minimum Gasteiger partial charge on any atom is -0.389 e. The number of ether oxygens (including phenoxy) is 1. The van der Waals surface area contributed by atoms with Crippen LogP contribution in [-0.4, -0.2) is 64.8 Å². The first-order valence-electron chi connectivity index (χ1n) is 10.3. The molecule has 35 heavy (non-hydrogen) atoms. The summed E-state index contributed by atoms with van der Waals surface area (Å²) >= 11 is 0. The molecule has 0 amide bonds. The summed E-state index contributed by atoms with van der Waals surface area (Å²) in [6.07, 6.45) is -4.69. The fraction of sp³-hybridized carbons (Fsp3) is 0.474. The molecule has 1 aliphatic rings. The van der Waals surface area contributed by atoms with Gasteiger partial charge in [-0.3, -0.25) is 18.3 Å². The van der Waals surface area contributed by atoms with Gasteiger partial charge in [-0.1, -0.05) is 35.0 Å². The average molecular weight is 535 g/mol. The summed E-state index contributed by atoms with van der Waals surface area (Å²) < 4.78 is 35.0. The Balaban J connectivity index is 1.70. The van der Waals surface area contributed by atoms with E-state index in [1.165, 1.54) is 19.3 Å². The Bertz CT molecular complexity index is 1250. The Hall–Kier alpha value is -2.12. The number of aryl methyl sites for hydroxylation is 1. The van der Waals surface area contributed by atoms with E-state index in [9.17, 15) is 29.0 Å². The second kappa shape index (κ2) is 10.9. The van der Waals surface area contributed by atoms with Crippen molar-refractivity contribution in [1.29, 1.82) is 0 Å². The molecule has 0 saturated carbocycles. The molecular formula is C19H27N3O11P2. The van der Waals surface area contributed by atoms with Crippen molar-refractivity contribution in [3.63, 3.8) is 0 Å². The molecule has 2 heterocycles. The zero-order chi connectivity index (χ0) is 26.0. The molecule has 1 saturated heterocycles. The van der Waals surface area contributed by atoms with E-state index in [2.05, 4.69) is 9.68 Å². The summed E-state index contributed by atoms with van der Waals surface area (Å²) in [4.78, 5) is 45.4. The van der Waals surface area contributed by atoms with Gasteiger partial charge in [0.15, 0.2) is 17.6 Å². The van der Waals surface area contributed by atoms with Gasteiger partial charge < -0.3 is 39.0 Å². The van der Waals surface area contributed by atoms with Crippen LogP contribution in [0.1, 0.15) is 17.4 Å². The fourth-order valence-electron chi connectivity index (χ4n) is 3.30. The van der Waals surface area contributed by atoms with Crippen molar-refractivity contribution in [3.05, 3.63) is 63.6 Å². The van der Waals surface area contributed by atoms with Gasteiger partial charge in [0.25, 0.3) is 0 Å². The smallest absolute Gasteiger partial charge is 0.340 e. The van der Waals surface area contributed by atoms with Crippen LogP contribution >= 0.6 is 15.2 Å². The molecule has 194 valence electrons. The summed E-state index contributed by atoms with van der Waals surface area (Å²) in [5.74, 6) is -1.42. The number of hydrogen-bond acceptors (Lipinski definition) is 9. The van der Waals surface area contributed by atoms with Crippen molar-refractivity contribution < 1.29 is 48.1 Å². The lowest BCUT2D eigenvalue weighted by Gasteiger charge is -2.19. The minimum atomic E-state index is -4.84. The Morgan fingerprint density at radius 1 is 1.09 bits per heavy atom. The van der Waals surface area contributed by atoms with Crippen molar-refractivity contribution in [3.8, 4) is 0 Å². The normalized spacial score (nSPS) is 24.9. The molecule has 0 aliphatic carbocycles. The molecule has 14 nitrogen and oxygen atoms in total. The lowest BCUT2D eigenvalue weighted by molar-refractivity contribution is -0.0530. The van der Waals surface area contributed by atoms with Crippen LogP contribution in [0.25, 0.3) is 0 Å². The van der Waals surface area contributed by atoms with Crippen LogP contribution in [0.15, 0.2) is 46.5 Å². The Morgan fingerprint density at radius 3 is 2.37 bits per heavy atom. The Labute approximate surface area is 199 Å². The van der Waals surface area contributed by atoms with E-state index < -0.39 is 57.9 Å². The highest BCUT2D eigenvalue weighted by Gasteiger charge is 2.45. The van der Waals surface area contributed by atoms with E-state index in [1.807, 2.05) is 31.2 Å². The van der Waals surface area contributed by atoms with E-state index in [-0.39, 0.29) is 12.1 Å². The maximum absolute atomic E-state index is 12.8. The van der Waals surface area contributed by atoms with Crippen molar-refractivity contribution in [2.45, 2.75) is 38.1 Å².